The Bertz CT molecular complexity index is 511. The van der Waals surface area contributed by atoms with Crippen molar-refractivity contribution in [3.8, 4) is 0 Å². The summed E-state index contributed by atoms with van der Waals surface area (Å²) >= 11 is 11.9. The summed E-state index contributed by atoms with van der Waals surface area (Å²) in [4.78, 5) is 0. The van der Waals surface area contributed by atoms with Crippen LogP contribution in [0.25, 0.3) is 0 Å². The molecule has 0 aliphatic carbocycles. The molecule has 0 aromatic heterocycles. The quantitative estimate of drug-likeness (QED) is 0.799. The van der Waals surface area contributed by atoms with Crippen molar-refractivity contribution in [2.45, 2.75) is 12.6 Å². The molecule has 0 saturated carbocycles. The van der Waals surface area contributed by atoms with E-state index in [4.69, 9.17) is 23.2 Å². The van der Waals surface area contributed by atoms with Crippen LogP contribution in [0.3, 0.4) is 0 Å². The number of alkyl halides is 1. The minimum atomic E-state index is -0.304. The molecular formula is C15H14Cl2FN. The summed E-state index contributed by atoms with van der Waals surface area (Å²) in [6, 6.07) is 14.5. The minimum Gasteiger partial charge on any atom is -0.305 e. The Morgan fingerprint density at radius 2 is 1.79 bits per heavy atom. The van der Waals surface area contributed by atoms with Crippen LogP contribution in [0.4, 0.5) is 4.39 Å². The van der Waals surface area contributed by atoms with Gasteiger partial charge in [0.1, 0.15) is 5.82 Å². The van der Waals surface area contributed by atoms with Gasteiger partial charge in [-0.2, -0.15) is 0 Å². The highest BCUT2D eigenvalue weighted by Gasteiger charge is 2.12. The van der Waals surface area contributed by atoms with Crippen LogP contribution < -0.4 is 5.32 Å². The summed E-state index contributed by atoms with van der Waals surface area (Å²) in [5.41, 5.74) is 1.54. The van der Waals surface area contributed by atoms with Gasteiger partial charge >= 0.3 is 0 Å². The van der Waals surface area contributed by atoms with E-state index in [-0.39, 0.29) is 11.9 Å². The van der Waals surface area contributed by atoms with Gasteiger partial charge in [-0.25, -0.2) is 4.39 Å². The number of hydrogen-bond donors (Lipinski definition) is 1. The molecule has 0 radical (unpaired) electrons. The van der Waals surface area contributed by atoms with Crippen molar-refractivity contribution in [2.75, 3.05) is 5.88 Å². The van der Waals surface area contributed by atoms with E-state index in [1.807, 2.05) is 30.3 Å². The van der Waals surface area contributed by atoms with E-state index in [1.165, 1.54) is 6.07 Å². The lowest BCUT2D eigenvalue weighted by Gasteiger charge is -2.17. The van der Waals surface area contributed by atoms with Crippen molar-refractivity contribution in [2.24, 2.45) is 0 Å². The average Bonchev–Trinajstić information content (AvgIpc) is 2.43. The number of benzene rings is 2. The SMILES string of the molecule is Fc1cccc(Cl)c1CNC(CCl)c1ccccc1. The van der Waals surface area contributed by atoms with Crippen LogP contribution in [0.5, 0.6) is 0 Å². The lowest BCUT2D eigenvalue weighted by Crippen LogP contribution is -2.23. The highest BCUT2D eigenvalue weighted by atomic mass is 35.5. The van der Waals surface area contributed by atoms with E-state index in [9.17, 15) is 4.39 Å². The van der Waals surface area contributed by atoms with Crippen molar-refractivity contribution >= 4 is 23.2 Å². The molecule has 0 aliphatic rings. The van der Waals surface area contributed by atoms with Gasteiger partial charge in [-0.3, -0.25) is 0 Å². The molecule has 0 amide bonds. The first-order valence-electron chi connectivity index (χ1n) is 5.99. The van der Waals surface area contributed by atoms with Crippen LogP contribution in [0, 0.1) is 5.82 Å². The van der Waals surface area contributed by atoms with Gasteiger partial charge < -0.3 is 5.32 Å². The predicted octanol–water partition coefficient (Wildman–Crippen LogP) is 4.55. The Morgan fingerprint density at radius 1 is 1.05 bits per heavy atom. The summed E-state index contributed by atoms with van der Waals surface area (Å²) in [5.74, 6) is 0.109. The molecule has 2 aromatic carbocycles. The Morgan fingerprint density at radius 3 is 2.42 bits per heavy atom. The van der Waals surface area contributed by atoms with E-state index in [0.29, 0.717) is 23.0 Å². The van der Waals surface area contributed by atoms with Gasteiger partial charge in [0.2, 0.25) is 0 Å². The van der Waals surface area contributed by atoms with Gasteiger partial charge in [-0.05, 0) is 17.7 Å². The van der Waals surface area contributed by atoms with Crippen LogP contribution in [-0.2, 0) is 6.54 Å². The van der Waals surface area contributed by atoms with Gasteiger partial charge in [0, 0.05) is 29.1 Å². The first kappa shape index (κ1) is 14.3. The van der Waals surface area contributed by atoms with E-state index in [0.717, 1.165) is 5.56 Å². The highest BCUT2D eigenvalue weighted by molar-refractivity contribution is 6.31. The van der Waals surface area contributed by atoms with Gasteiger partial charge in [0.25, 0.3) is 0 Å². The molecule has 2 rings (SSSR count). The molecule has 0 heterocycles. The zero-order valence-electron chi connectivity index (χ0n) is 10.2. The van der Waals surface area contributed by atoms with E-state index >= 15 is 0 Å². The molecule has 0 bridgehead atoms. The molecule has 1 nitrogen and oxygen atoms in total. The molecule has 100 valence electrons. The van der Waals surface area contributed by atoms with Crippen LogP contribution >= 0.6 is 23.2 Å². The molecule has 19 heavy (non-hydrogen) atoms. The van der Waals surface area contributed by atoms with Crippen LogP contribution in [0.2, 0.25) is 5.02 Å². The Balaban J connectivity index is 2.09. The molecule has 1 unspecified atom stereocenters. The number of rotatable bonds is 5. The third-order valence-electron chi connectivity index (χ3n) is 2.94. The van der Waals surface area contributed by atoms with Crippen molar-refractivity contribution in [3.05, 3.63) is 70.5 Å². The van der Waals surface area contributed by atoms with Crippen LogP contribution in [0.1, 0.15) is 17.2 Å². The number of nitrogens with one attached hydrogen (secondary N) is 1. The molecule has 4 heteroatoms. The fourth-order valence-corrected chi connectivity index (χ4v) is 2.39. The molecule has 0 aliphatic heterocycles. The molecule has 1 atom stereocenters. The Kier molecular flexibility index (Phi) is 5.20. The average molecular weight is 298 g/mol. The minimum absolute atomic E-state index is 0.0291. The highest BCUT2D eigenvalue weighted by Crippen LogP contribution is 2.21. The fraction of sp³-hybridized carbons (Fsp3) is 0.200. The zero-order chi connectivity index (χ0) is 13.7. The van der Waals surface area contributed by atoms with E-state index < -0.39 is 0 Å². The third kappa shape index (κ3) is 3.69. The maximum atomic E-state index is 13.6. The molecule has 0 spiro atoms. The Labute approximate surface area is 122 Å². The molecular weight excluding hydrogens is 284 g/mol. The maximum absolute atomic E-state index is 13.6. The first-order chi connectivity index (χ1) is 9.22. The van der Waals surface area contributed by atoms with Crippen molar-refractivity contribution in [1.82, 2.24) is 5.32 Å². The maximum Gasteiger partial charge on any atom is 0.129 e. The summed E-state index contributed by atoms with van der Waals surface area (Å²) in [6.07, 6.45) is 0. The molecule has 0 saturated heterocycles. The topological polar surface area (TPSA) is 12.0 Å². The zero-order valence-corrected chi connectivity index (χ0v) is 11.8. The monoisotopic (exact) mass is 297 g/mol. The fourth-order valence-electron chi connectivity index (χ4n) is 1.87. The normalized spacial score (nSPS) is 12.4. The summed E-state index contributed by atoms with van der Waals surface area (Å²) < 4.78 is 13.6. The van der Waals surface area contributed by atoms with Crippen LogP contribution in [-0.4, -0.2) is 5.88 Å². The van der Waals surface area contributed by atoms with Gasteiger partial charge in [0.05, 0.1) is 0 Å². The standard InChI is InChI=1S/C15H14Cl2FN/c16-9-15(11-5-2-1-3-6-11)19-10-12-13(17)7-4-8-14(12)18/h1-8,15,19H,9-10H2. The van der Waals surface area contributed by atoms with Crippen molar-refractivity contribution in [1.29, 1.82) is 0 Å². The molecule has 1 N–H and O–H groups in total. The Hall–Kier alpha value is -1.09. The van der Waals surface area contributed by atoms with Gasteiger partial charge in [-0.1, -0.05) is 48.0 Å². The smallest absolute Gasteiger partial charge is 0.129 e. The molecule has 2 aromatic rings. The lowest BCUT2D eigenvalue weighted by molar-refractivity contribution is 0.547. The second-order valence-corrected chi connectivity index (χ2v) is 4.91. The second kappa shape index (κ2) is 6.90. The second-order valence-electron chi connectivity index (χ2n) is 4.20. The van der Waals surface area contributed by atoms with Crippen molar-refractivity contribution in [3.63, 3.8) is 0 Å². The van der Waals surface area contributed by atoms with Gasteiger partial charge in [-0.15, -0.1) is 11.6 Å². The number of halogens is 3. The summed E-state index contributed by atoms with van der Waals surface area (Å²) in [7, 11) is 0. The van der Waals surface area contributed by atoms with Gasteiger partial charge in [0.15, 0.2) is 0 Å². The van der Waals surface area contributed by atoms with E-state index in [2.05, 4.69) is 5.32 Å². The third-order valence-corrected chi connectivity index (χ3v) is 3.61. The summed E-state index contributed by atoms with van der Waals surface area (Å²) in [5, 5.41) is 3.65. The summed E-state index contributed by atoms with van der Waals surface area (Å²) in [6.45, 7) is 0.345. The van der Waals surface area contributed by atoms with Crippen LogP contribution in [0.15, 0.2) is 48.5 Å². The lowest BCUT2D eigenvalue weighted by atomic mass is 10.1. The largest absolute Gasteiger partial charge is 0.305 e. The predicted molar refractivity (Wildman–Crippen MR) is 78.2 cm³/mol. The van der Waals surface area contributed by atoms with E-state index in [1.54, 1.807) is 12.1 Å². The molecule has 0 fully saturated rings. The van der Waals surface area contributed by atoms with Crippen molar-refractivity contribution < 1.29 is 4.39 Å². The first-order valence-corrected chi connectivity index (χ1v) is 6.91. The number of hydrogen-bond acceptors (Lipinski definition) is 1.